The smallest absolute Gasteiger partial charge is 0.106 e. The van der Waals surface area contributed by atoms with E-state index in [4.69, 9.17) is 5.26 Å². The van der Waals surface area contributed by atoms with Crippen LogP contribution >= 0.6 is 11.8 Å². The molecular formula is C11H22N2S. The van der Waals surface area contributed by atoms with E-state index < -0.39 is 0 Å². The second-order valence-electron chi connectivity index (χ2n) is 3.38. The second-order valence-corrected chi connectivity index (χ2v) is 4.77. The highest BCUT2D eigenvalue weighted by Gasteiger charge is 2.25. The molecule has 0 saturated heterocycles. The average molecular weight is 214 g/mol. The van der Waals surface area contributed by atoms with Crippen molar-refractivity contribution in [2.45, 2.75) is 45.6 Å². The number of thioether (sulfide) groups is 1. The van der Waals surface area contributed by atoms with Crippen molar-refractivity contribution in [3.63, 3.8) is 0 Å². The van der Waals surface area contributed by atoms with Crippen LogP contribution in [-0.2, 0) is 0 Å². The monoisotopic (exact) mass is 214 g/mol. The molecule has 82 valence electrons. The van der Waals surface area contributed by atoms with Gasteiger partial charge in [0.25, 0.3) is 0 Å². The van der Waals surface area contributed by atoms with Crippen molar-refractivity contribution < 1.29 is 0 Å². The summed E-state index contributed by atoms with van der Waals surface area (Å²) in [5, 5.41) is 12.4. The summed E-state index contributed by atoms with van der Waals surface area (Å²) in [4.78, 5) is 0. The Morgan fingerprint density at radius 2 is 2.07 bits per heavy atom. The molecule has 0 aromatic carbocycles. The van der Waals surface area contributed by atoms with Crippen LogP contribution in [0.2, 0.25) is 0 Å². The van der Waals surface area contributed by atoms with Crippen LogP contribution in [0.25, 0.3) is 0 Å². The number of nitriles is 1. The van der Waals surface area contributed by atoms with E-state index >= 15 is 0 Å². The SMILES string of the molecule is CCNC(C#N)(CC)CCCSCC. The third-order valence-electron chi connectivity index (χ3n) is 2.43. The molecule has 0 aliphatic carbocycles. The maximum Gasteiger partial charge on any atom is 0.106 e. The summed E-state index contributed by atoms with van der Waals surface area (Å²) in [6, 6.07) is 2.42. The third kappa shape index (κ3) is 4.88. The van der Waals surface area contributed by atoms with Gasteiger partial charge < -0.3 is 0 Å². The first kappa shape index (κ1) is 13.8. The molecule has 3 heteroatoms. The van der Waals surface area contributed by atoms with E-state index in [0.29, 0.717) is 0 Å². The Balaban J connectivity index is 3.90. The first-order valence-electron chi connectivity index (χ1n) is 5.48. The highest BCUT2D eigenvalue weighted by atomic mass is 32.2. The van der Waals surface area contributed by atoms with Crippen molar-refractivity contribution in [1.29, 1.82) is 5.26 Å². The fraction of sp³-hybridized carbons (Fsp3) is 0.909. The molecule has 0 aliphatic heterocycles. The van der Waals surface area contributed by atoms with Gasteiger partial charge in [-0.3, -0.25) is 5.32 Å². The first-order valence-corrected chi connectivity index (χ1v) is 6.64. The molecule has 0 saturated carbocycles. The summed E-state index contributed by atoms with van der Waals surface area (Å²) in [7, 11) is 0. The summed E-state index contributed by atoms with van der Waals surface area (Å²) in [5.74, 6) is 2.35. The van der Waals surface area contributed by atoms with Crippen molar-refractivity contribution >= 4 is 11.8 Å². The molecule has 0 fully saturated rings. The lowest BCUT2D eigenvalue weighted by Gasteiger charge is -2.25. The quantitative estimate of drug-likeness (QED) is 0.631. The van der Waals surface area contributed by atoms with Crippen LogP contribution < -0.4 is 5.32 Å². The standard InChI is InChI=1S/C11H22N2S/c1-4-11(10-12,13-5-2)8-7-9-14-6-3/h13H,4-9H2,1-3H3. The van der Waals surface area contributed by atoms with Crippen molar-refractivity contribution in [2.75, 3.05) is 18.1 Å². The van der Waals surface area contributed by atoms with Crippen LogP contribution in [0, 0.1) is 11.3 Å². The van der Waals surface area contributed by atoms with Gasteiger partial charge in [-0.1, -0.05) is 20.8 Å². The van der Waals surface area contributed by atoms with Crippen LogP contribution in [0.15, 0.2) is 0 Å². The number of hydrogen-bond donors (Lipinski definition) is 1. The van der Waals surface area contributed by atoms with Crippen molar-refractivity contribution in [3.8, 4) is 6.07 Å². The van der Waals surface area contributed by atoms with Crippen molar-refractivity contribution in [2.24, 2.45) is 0 Å². The highest BCUT2D eigenvalue weighted by molar-refractivity contribution is 7.99. The molecule has 2 nitrogen and oxygen atoms in total. The van der Waals surface area contributed by atoms with Crippen LogP contribution in [0.5, 0.6) is 0 Å². The molecule has 0 aliphatic rings. The summed E-state index contributed by atoms with van der Waals surface area (Å²) in [6.07, 6.45) is 3.00. The molecule has 0 aromatic rings. The zero-order valence-corrected chi connectivity index (χ0v) is 10.4. The minimum atomic E-state index is -0.275. The zero-order valence-electron chi connectivity index (χ0n) is 9.60. The predicted molar refractivity (Wildman–Crippen MR) is 64.5 cm³/mol. The number of rotatable bonds is 8. The van der Waals surface area contributed by atoms with Gasteiger partial charge in [-0.2, -0.15) is 17.0 Å². The van der Waals surface area contributed by atoms with Crippen LogP contribution in [0.4, 0.5) is 0 Å². The van der Waals surface area contributed by atoms with Gasteiger partial charge >= 0.3 is 0 Å². The molecule has 0 aromatic heterocycles. The van der Waals surface area contributed by atoms with E-state index in [1.165, 1.54) is 11.5 Å². The van der Waals surface area contributed by atoms with Gasteiger partial charge in [-0.15, -0.1) is 0 Å². The Bertz CT molecular complexity index is 177. The normalized spacial score (nSPS) is 14.7. The molecule has 0 spiro atoms. The number of nitrogens with zero attached hydrogens (tertiary/aromatic N) is 1. The lowest BCUT2D eigenvalue weighted by Crippen LogP contribution is -2.43. The second kappa shape index (κ2) is 8.14. The Morgan fingerprint density at radius 1 is 1.36 bits per heavy atom. The van der Waals surface area contributed by atoms with Gasteiger partial charge in [0.2, 0.25) is 0 Å². The Hall–Kier alpha value is -0.200. The summed E-state index contributed by atoms with van der Waals surface area (Å²) >= 11 is 1.95. The first-order chi connectivity index (χ1) is 6.74. The minimum Gasteiger partial charge on any atom is -0.300 e. The lowest BCUT2D eigenvalue weighted by molar-refractivity contribution is 0.379. The van der Waals surface area contributed by atoms with E-state index in [-0.39, 0.29) is 5.54 Å². The lowest BCUT2D eigenvalue weighted by atomic mass is 9.92. The molecular weight excluding hydrogens is 192 g/mol. The molecule has 0 radical (unpaired) electrons. The van der Waals surface area contributed by atoms with E-state index in [1.807, 2.05) is 11.8 Å². The maximum absolute atomic E-state index is 9.14. The van der Waals surface area contributed by atoms with Gasteiger partial charge in [-0.05, 0) is 37.3 Å². The Labute approximate surface area is 92.5 Å². The Morgan fingerprint density at radius 3 is 2.50 bits per heavy atom. The number of nitrogens with one attached hydrogen (secondary N) is 1. The maximum atomic E-state index is 9.14. The van der Waals surface area contributed by atoms with Crippen molar-refractivity contribution in [3.05, 3.63) is 0 Å². The van der Waals surface area contributed by atoms with Gasteiger partial charge in [0.1, 0.15) is 5.54 Å². The van der Waals surface area contributed by atoms with Gasteiger partial charge in [-0.25, -0.2) is 0 Å². The van der Waals surface area contributed by atoms with Crippen LogP contribution in [0.1, 0.15) is 40.0 Å². The highest BCUT2D eigenvalue weighted by Crippen LogP contribution is 2.18. The van der Waals surface area contributed by atoms with Gasteiger partial charge in [0.15, 0.2) is 0 Å². The molecule has 1 unspecified atom stereocenters. The zero-order chi connectivity index (χ0) is 10.9. The fourth-order valence-electron chi connectivity index (χ4n) is 1.52. The number of hydrogen-bond acceptors (Lipinski definition) is 3. The largest absolute Gasteiger partial charge is 0.300 e. The van der Waals surface area contributed by atoms with E-state index in [2.05, 4.69) is 32.2 Å². The minimum absolute atomic E-state index is 0.275. The Kier molecular flexibility index (Phi) is 8.02. The van der Waals surface area contributed by atoms with Gasteiger partial charge in [0, 0.05) is 0 Å². The molecule has 0 rings (SSSR count). The fourth-order valence-corrected chi connectivity index (χ4v) is 2.16. The summed E-state index contributed by atoms with van der Waals surface area (Å²) in [6.45, 7) is 7.19. The summed E-state index contributed by atoms with van der Waals surface area (Å²) < 4.78 is 0. The molecule has 0 bridgehead atoms. The molecule has 0 amide bonds. The molecule has 14 heavy (non-hydrogen) atoms. The van der Waals surface area contributed by atoms with Crippen LogP contribution in [0.3, 0.4) is 0 Å². The van der Waals surface area contributed by atoms with Crippen LogP contribution in [-0.4, -0.2) is 23.6 Å². The molecule has 0 heterocycles. The third-order valence-corrected chi connectivity index (χ3v) is 3.41. The topological polar surface area (TPSA) is 35.8 Å². The summed E-state index contributed by atoms with van der Waals surface area (Å²) in [5.41, 5.74) is -0.275. The average Bonchev–Trinajstić information content (AvgIpc) is 2.23. The molecule has 1 N–H and O–H groups in total. The molecule has 1 atom stereocenters. The van der Waals surface area contributed by atoms with E-state index in [1.54, 1.807) is 0 Å². The predicted octanol–water partition coefficient (Wildman–Crippen LogP) is 2.80. The van der Waals surface area contributed by atoms with E-state index in [9.17, 15) is 0 Å². The van der Waals surface area contributed by atoms with Crippen molar-refractivity contribution in [1.82, 2.24) is 5.32 Å². The van der Waals surface area contributed by atoms with Gasteiger partial charge in [0.05, 0.1) is 6.07 Å². The van der Waals surface area contributed by atoms with E-state index in [0.717, 1.165) is 25.8 Å².